The van der Waals surface area contributed by atoms with E-state index in [0.29, 0.717) is 4.90 Å². The highest BCUT2D eigenvalue weighted by atomic mass is 35.5. The van der Waals surface area contributed by atoms with E-state index in [4.69, 9.17) is 11.6 Å². The van der Waals surface area contributed by atoms with E-state index < -0.39 is 9.84 Å². The SMILES string of the molecule is CC(C)(C)C(Cl)/C=C/CS(=O)(=O)c1ccccc1. The van der Waals surface area contributed by atoms with Crippen molar-refractivity contribution in [2.45, 2.75) is 31.0 Å². The molecule has 1 unspecified atom stereocenters. The number of benzene rings is 1. The van der Waals surface area contributed by atoms with Crippen molar-refractivity contribution < 1.29 is 8.42 Å². The minimum atomic E-state index is -3.25. The first kappa shape index (κ1) is 15.3. The van der Waals surface area contributed by atoms with Crippen molar-refractivity contribution in [3.05, 3.63) is 42.5 Å². The first-order valence-corrected chi connectivity index (χ1v) is 7.91. The minimum Gasteiger partial charge on any atom is -0.223 e. The van der Waals surface area contributed by atoms with Gasteiger partial charge in [0.1, 0.15) is 0 Å². The molecule has 0 aliphatic carbocycles. The Morgan fingerprint density at radius 2 is 1.78 bits per heavy atom. The normalized spacial score (nSPS) is 14.9. The first-order chi connectivity index (χ1) is 8.23. The van der Waals surface area contributed by atoms with Crippen LogP contribution < -0.4 is 0 Å². The fourth-order valence-corrected chi connectivity index (χ4v) is 2.55. The van der Waals surface area contributed by atoms with Crippen LogP contribution in [0.5, 0.6) is 0 Å². The van der Waals surface area contributed by atoms with Crippen LogP contribution in [0, 0.1) is 5.41 Å². The molecular weight excluding hydrogens is 268 g/mol. The summed E-state index contributed by atoms with van der Waals surface area (Å²) < 4.78 is 23.9. The molecule has 1 aromatic carbocycles. The van der Waals surface area contributed by atoms with E-state index in [-0.39, 0.29) is 16.5 Å². The molecule has 0 fully saturated rings. The Bertz CT molecular complexity index is 498. The van der Waals surface area contributed by atoms with Crippen LogP contribution in [0.1, 0.15) is 20.8 Å². The van der Waals surface area contributed by atoms with Crippen LogP contribution in [-0.2, 0) is 9.84 Å². The Morgan fingerprint density at radius 1 is 1.22 bits per heavy atom. The van der Waals surface area contributed by atoms with Gasteiger partial charge in [-0.25, -0.2) is 8.42 Å². The van der Waals surface area contributed by atoms with Crippen molar-refractivity contribution in [3.8, 4) is 0 Å². The predicted molar refractivity (Wildman–Crippen MR) is 76.7 cm³/mol. The molecule has 18 heavy (non-hydrogen) atoms. The molecule has 2 nitrogen and oxygen atoms in total. The average molecular weight is 287 g/mol. The zero-order chi connectivity index (χ0) is 13.8. The molecule has 0 N–H and O–H groups in total. The fraction of sp³-hybridized carbons (Fsp3) is 0.429. The Labute approximate surface area is 115 Å². The molecule has 1 rings (SSSR count). The van der Waals surface area contributed by atoms with Gasteiger partial charge in [0, 0.05) is 0 Å². The lowest BCUT2D eigenvalue weighted by Crippen LogP contribution is -2.18. The second-order valence-corrected chi connectivity index (χ2v) is 7.79. The van der Waals surface area contributed by atoms with E-state index in [2.05, 4.69) is 0 Å². The second-order valence-electron chi connectivity index (χ2n) is 5.29. The van der Waals surface area contributed by atoms with Gasteiger partial charge >= 0.3 is 0 Å². The molecule has 0 bridgehead atoms. The van der Waals surface area contributed by atoms with Crippen LogP contribution in [0.3, 0.4) is 0 Å². The van der Waals surface area contributed by atoms with E-state index in [1.54, 1.807) is 42.5 Å². The maximum absolute atomic E-state index is 12.0. The lowest BCUT2D eigenvalue weighted by molar-refractivity contribution is 0.427. The molecule has 0 amide bonds. The fourth-order valence-electron chi connectivity index (χ4n) is 1.31. The third-order valence-electron chi connectivity index (χ3n) is 2.55. The van der Waals surface area contributed by atoms with Gasteiger partial charge in [0.05, 0.1) is 16.0 Å². The molecule has 0 aliphatic rings. The molecule has 0 spiro atoms. The molecule has 0 aromatic heterocycles. The monoisotopic (exact) mass is 286 g/mol. The first-order valence-electron chi connectivity index (χ1n) is 5.82. The van der Waals surface area contributed by atoms with Crippen molar-refractivity contribution in [3.63, 3.8) is 0 Å². The van der Waals surface area contributed by atoms with Crippen molar-refractivity contribution >= 4 is 21.4 Å². The average Bonchev–Trinajstić information content (AvgIpc) is 2.28. The topological polar surface area (TPSA) is 34.1 Å². The van der Waals surface area contributed by atoms with Crippen molar-refractivity contribution in [1.82, 2.24) is 0 Å². The van der Waals surface area contributed by atoms with Crippen LogP contribution in [-0.4, -0.2) is 19.5 Å². The zero-order valence-corrected chi connectivity index (χ0v) is 12.5. The zero-order valence-electron chi connectivity index (χ0n) is 10.9. The summed E-state index contributed by atoms with van der Waals surface area (Å²) in [6, 6.07) is 8.44. The molecule has 1 atom stereocenters. The maximum Gasteiger partial charge on any atom is 0.181 e. The van der Waals surface area contributed by atoms with Crippen LogP contribution >= 0.6 is 11.6 Å². The van der Waals surface area contributed by atoms with Gasteiger partial charge in [-0.1, -0.05) is 51.1 Å². The quantitative estimate of drug-likeness (QED) is 0.625. The molecule has 0 aliphatic heterocycles. The van der Waals surface area contributed by atoms with Gasteiger partial charge in [-0.05, 0) is 17.5 Å². The molecule has 0 saturated heterocycles. The summed E-state index contributed by atoms with van der Waals surface area (Å²) >= 11 is 6.15. The lowest BCUT2D eigenvalue weighted by atomic mass is 9.91. The van der Waals surface area contributed by atoms with Crippen LogP contribution in [0.4, 0.5) is 0 Å². The summed E-state index contributed by atoms with van der Waals surface area (Å²) in [7, 11) is -3.25. The van der Waals surface area contributed by atoms with E-state index in [1.807, 2.05) is 20.8 Å². The van der Waals surface area contributed by atoms with E-state index in [1.165, 1.54) is 0 Å². The highest BCUT2D eigenvalue weighted by Gasteiger charge is 2.19. The Balaban J connectivity index is 2.72. The van der Waals surface area contributed by atoms with Gasteiger partial charge in [0.2, 0.25) is 0 Å². The van der Waals surface area contributed by atoms with Gasteiger partial charge < -0.3 is 0 Å². The van der Waals surface area contributed by atoms with Crippen molar-refractivity contribution in [2.24, 2.45) is 5.41 Å². The number of allylic oxidation sites excluding steroid dienone is 1. The molecule has 0 radical (unpaired) electrons. The summed E-state index contributed by atoms with van der Waals surface area (Å²) in [6.07, 6.45) is 3.38. The Kier molecular flexibility index (Phi) is 5.00. The predicted octanol–water partition coefficient (Wildman–Crippen LogP) is 3.67. The lowest BCUT2D eigenvalue weighted by Gasteiger charge is -2.21. The highest BCUT2D eigenvalue weighted by molar-refractivity contribution is 7.91. The molecule has 0 heterocycles. The Hall–Kier alpha value is -0.800. The van der Waals surface area contributed by atoms with E-state index in [9.17, 15) is 8.42 Å². The van der Waals surface area contributed by atoms with Crippen LogP contribution in [0.15, 0.2) is 47.4 Å². The van der Waals surface area contributed by atoms with E-state index in [0.717, 1.165) is 0 Å². The summed E-state index contributed by atoms with van der Waals surface area (Å²) in [6.45, 7) is 6.04. The molecule has 4 heteroatoms. The van der Waals surface area contributed by atoms with Gasteiger partial charge in [-0.3, -0.25) is 0 Å². The van der Waals surface area contributed by atoms with Crippen molar-refractivity contribution in [1.29, 1.82) is 0 Å². The van der Waals surface area contributed by atoms with E-state index >= 15 is 0 Å². The van der Waals surface area contributed by atoms with Crippen LogP contribution in [0.2, 0.25) is 0 Å². The summed E-state index contributed by atoms with van der Waals surface area (Å²) in [5.74, 6) is -0.0175. The van der Waals surface area contributed by atoms with Crippen molar-refractivity contribution in [2.75, 3.05) is 5.75 Å². The van der Waals surface area contributed by atoms with Gasteiger partial charge in [0.25, 0.3) is 0 Å². The molecule has 0 saturated carbocycles. The molecular formula is C14H19ClO2S. The number of alkyl halides is 1. The third kappa shape index (κ3) is 4.46. The third-order valence-corrected chi connectivity index (χ3v) is 4.97. The molecule has 1 aromatic rings. The Morgan fingerprint density at radius 3 is 2.28 bits per heavy atom. The minimum absolute atomic E-state index is 0.0175. The second kappa shape index (κ2) is 5.89. The largest absolute Gasteiger partial charge is 0.223 e. The summed E-state index contributed by atoms with van der Waals surface area (Å²) in [5, 5.41) is -0.177. The number of hydrogen-bond acceptors (Lipinski definition) is 2. The highest BCUT2D eigenvalue weighted by Crippen LogP contribution is 2.25. The number of rotatable bonds is 4. The number of hydrogen-bond donors (Lipinski definition) is 0. The standard InChI is InChI=1S/C14H19ClO2S/c1-14(2,3)13(15)10-7-11-18(16,17)12-8-5-4-6-9-12/h4-10,13H,11H2,1-3H3/b10-7+. The number of sulfone groups is 1. The maximum atomic E-state index is 12.0. The molecule has 100 valence electrons. The summed E-state index contributed by atoms with van der Waals surface area (Å²) in [4.78, 5) is 0.344. The van der Waals surface area contributed by atoms with Gasteiger partial charge in [-0.2, -0.15) is 0 Å². The van der Waals surface area contributed by atoms with Gasteiger partial charge in [0.15, 0.2) is 9.84 Å². The smallest absolute Gasteiger partial charge is 0.181 e. The summed E-state index contributed by atoms with van der Waals surface area (Å²) in [5.41, 5.74) is -0.0748. The number of halogens is 1. The van der Waals surface area contributed by atoms with Crippen LogP contribution in [0.25, 0.3) is 0 Å². The van der Waals surface area contributed by atoms with Gasteiger partial charge in [-0.15, -0.1) is 11.6 Å².